The van der Waals surface area contributed by atoms with E-state index in [2.05, 4.69) is 0 Å². The Labute approximate surface area is 110 Å². The predicted molar refractivity (Wildman–Crippen MR) is 66.0 cm³/mol. The van der Waals surface area contributed by atoms with Crippen LogP contribution in [0.25, 0.3) is 0 Å². The molecule has 1 aromatic rings. The van der Waals surface area contributed by atoms with Gasteiger partial charge in [-0.1, -0.05) is 12.1 Å². The van der Waals surface area contributed by atoms with Gasteiger partial charge in [0.15, 0.2) is 0 Å². The number of nitrogens with two attached hydrogens (primary N) is 1. The molecule has 0 aromatic heterocycles. The van der Waals surface area contributed by atoms with Gasteiger partial charge in [-0.2, -0.15) is 13.2 Å². The van der Waals surface area contributed by atoms with Gasteiger partial charge in [-0.15, -0.1) is 0 Å². The molecular formula is C13H18F3NO2. The maximum Gasteiger partial charge on any atom is 0.389 e. The number of halogens is 3. The van der Waals surface area contributed by atoms with Gasteiger partial charge in [-0.3, -0.25) is 0 Å². The van der Waals surface area contributed by atoms with Crippen LogP contribution in [0.2, 0.25) is 0 Å². The molecule has 0 aliphatic rings. The first-order valence-electron chi connectivity index (χ1n) is 5.98. The summed E-state index contributed by atoms with van der Waals surface area (Å²) in [6.07, 6.45) is -5.47. The van der Waals surface area contributed by atoms with E-state index in [0.29, 0.717) is 5.75 Å². The number of methoxy groups -OCH3 is 1. The lowest BCUT2D eigenvalue weighted by Gasteiger charge is -2.17. The van der Waals surface area contributed by atoms with Crippen LogP contribution in [0.15, 0.2) is 24.3 Å². The fraction of sp³-hybridized carbons (Fsp3) is 0.538. The average molecular weight is 277 g/mol. The van der Waals surface area contributed by atoms with E-state index in [1.807, 2.05) is 6.07 Å². The quantitative estimate of drug-likeness (QED) is 0.779. The van der Waals surface area contributed by atoms with Gasteiger partial charge >= 0.3 is 6.18 Å². The molecule has 1 aromatic carbocycles. The lowest BCUT2D eigenvalue weighted by atomic mass is 10.1. The SMILES string of the molecule is COc1cccc(C(CN)OCCCC(F)(F)F)c1. The minimum absolute atomic E-state index is 0.0264. The molecular weight excluding hydrogens is 259 g/mol. The first-order chi connectivity index (χ1) is 8.96. The molecule has 0 bridgehead atoms. The maximum atomic E-state index is 12.0. The summed E-state index contributed by atoms with van der Waals surface area (Å²) in [4.78, 5) is 0. The highest BCUT2D eigenvalue weighted by Crippen LogP contribution is 2.24. The van der Waals surface area contributed by atoms with Gasteiger partial charge in [0.25, 0.3) is 0 Å². The van der Waals surface area contributed by atoms with E-state index in [4.69, 9.17) is 15.2 Å². The number of ether oxygens (including phenoxy) is 2. The minimum Gasteiger partial charge on any atom is -0.497 e. The zero-order valence-corrected chi connectivity index (χ0v) is 10.7. The molecule has 0 amide bonds. The first kappa shape index (κ1) is 15.8. The predicted octanol–water partition coefficient (Wildman–Crippen LogP) is 3.05. The fourth-order valence-electron chi connectivity index (χ4n) is 1.64. The van der Waals surface area contributed by atoms with Crippen molar-refractivity contribution in [2.75, 3.05) is 20.3 Å². The third kappa shape index (κ3) is 5.94. The standard InChI is InChI=1S/C13H18F3NO2/c1-18-11-5-2-4-10(8-11)12(9-17)19-7-3-6-13(14,15)16/h2,4-5,8,12H,3,6-7,9,17H2,1H3. The second kappa shape index (κ2) is 7.35. The summed E-state index contributed by atoms with van der Waals surface area (Å²) in [7, 11) is 1.54. The van der Waals surface area contributed by atoms with Gasteiger partial charge in [0.2, 0.25) is 0 Å². The van der Waals surface area contributed by atoms with Gasteiger partial charge in [0, 0.05) is 19.6 Å². The molecule has 0 radical (unpaired) electrons. The molecule has 0 saturated heterocycles. The molecule has 1 rings (SSSR count). The van der Waals surface area contributed by atoms with Gasteiger partial charge in [0.1, 0.15) is 5.75 Å². The van der Waals surface area contributed by atoms with E-state index in [-0.39, 0.29) is 19.6 Å². The van der Waals surface area contributed by atoms with Crippen LogP contribution in [0.3, 0.4) is 0 Å². The van der Waals surface area contributed by atoms with Crippen molar-refractivity contribution < 1.29 is 22.6 Å². The van der Waals surface area contributed by atoms with Crippen molar-refractivity contribution >= 4 is 0 Å². The molecule has 0 heterocycles. The van der Waals surface area contributed by atoms with Crippen LogP contribution in [-0.2, 0) is 4.74 Å². The maximum absolute atomic E-state index is 12.0. The highest BCUT2D eigenvalue weighted by Gasteiger charge is 2.26. The Kier molecular flexibility index (Phi) is 6.11. The largest absolute Gasteiger partial charge is 0.497 e. The van der Waals surface area contributed by atoms with E-state index in [0.717, 1.165) is 5.56 Å². The highest BCUT2D eigenvalue weighted by atomic mass is 19.4. The van der Waals surface area contributed by atoms with Crippen LogP contribution in [0, 0.1) is 0 Å². The van der Waals surface area contributed by atoms with E-state index in [1.54, 1.807) is 25.3 Å². The zero-order chi connectivity index (χ0) is 14.3. The smallest absolute Gasteiger partial charge is 0.389 e. The van der Waals surface area contributed by atoms with Crippen LogP contribution >= 0.6 is 0 Å². The molecule has 3 nitrogen and oxygen atoms in total. The summed E-state index contributed by atoms with van der Waals surface area (Å²) >= 11 is 0. The van der Waals surface area contributed by atoms with Gasteiger partial charge in [-0.25, -0.2) is 0 Å². The lowest BCUT2D eigenvalue weighted by Crippen LogP contribution is -2.17. The number of alkyl halides is 3. The Morgan fingerprint density at radius 3 is 2.63 bits per heavy atom. The van der Waals surface area contributed by atoms with Crippen molar-refractivity contribution in [3.63, 3.8) is 0 Å². The Balaban J connectivity index is 2.48. The Morgan fingerprint density at radius 1 is 1.32 bits per heavy atom. The van der Waals surface area contributed by atoms with Crippen molar-refractivity contribution in [2.24, 2.45) is 5.73 Å². The molecule has 0 fully saturated rings. The summed E-state index contributed by atoms with van der Waals surface area (Å²) in [6, 6.07) is 7.14. The summed E-state index contributed by atoms with van der Waals surface area (Å²) < 4.78 is 46.4. The summed E-state index contributed by atoms with van der Waals surface area (Å²) in [5.41, 5.74) is 6.38. The third-order valence-electron chi connectivity index (χ3n) is 2.60. The molecule has 0 saturated carbocycles. The molecule has 0 spiro atoms. The van der Waals surface area contributed by atoms with Crippen molar-refractivity contribution in [1.82, 2.24) is 0 Å². The molecule has 108 valence electrons. The van der Waals surface area contributed by atoms with E-state index in [1.165, 1.54) is 0 Å². The number of rotatable bonds is 7. The normalized spacial score (nSPS) is 13.3. The Morgan fingerprint density at radius 2 is 2.05 bits per heavy atom. The summed E-state index contributed by atoms with van der Waals surface area (Å²) in [6.45, 7) is 0.234. The van der Waals surface area contributed by atoms with E-state index >= 15 is 0 Å². The van der Waals surface area contributed by atoms with Crippen molar-refractivity contribution in [2.45, 2.75) is 25.1 Å². The summed E-state index contributed by atoms with van der Waals surface area (Å²) in [5.74, 6) is 0.662. The Hall–Kier alpha value is -1.27. The van der Waals surface area contributed by atoms with E-state index < -0.39 is 18.7 Å². The molecule has 6 heteroatoms. The highest BCUT2D eigenvalue weighted by molar-refractivity contribution is 5.30. The zero-order valence-electron chi connectivity index (χ0n) is 10.7. The third-order valence-corrected chi connectivity index (χ3v) is 2.60. The number of hydrogen-bond acceptors (Lipinski definition) is 3. The molecule has 2 N–H and O–H groups in total. The fourth-order valence-corrected chi connectivity index (χ4v) is 1.64. The Bertz CT molecular complexity index is 382. The molecule has 1 atom stereocenters. The molecule has 1 unspecified atom stereocenters. The topological polar surface area (TPSA) is 44.5 Å². The van der Waals surface area contributed by atoms with Crippen molar-refractivity contribution in [3.05, 3.63) is 29.8 Å². The monoisotopic (exact) mass is 277 g/mol. The minimum atomic E-state index is -4.14. The number of hydrogen-bond donors (Lipinski definition) is 1. The van der Waals surface area contributed by atoms with Crippen LogP contribution in [0.5, 0.6) is 5.75 Å². The second-order valence-electron chi connectivity index (χ2n) is 4.09. The molecule has 0 aliphatic carbocycles. The van der Waals surface area contributed by atoms with E-state index in [9.17, 15) is 13.2 Å². The van der Waals surface area contributed by atoms with Gasteiger partial charge < -0.3 is 15.2 Å². The van der Waals surface area contributed by atoms with Gasteiger partial charge in [-0.05, 0) is 24.1 Å². The summed E-state index contributed by atoms with van der Waals surface area (Å²) in [5, 5.41) is 0. The average Bonchev–Trinajstić information content (AvgIpc) is 2.37. The lowest BCUT2D eigenvalue weighted by molar-refractivity contribution is -0.138. The number of benzene rings is 1. The van der Waals surface area contributed by atoms with Crippen LogP contribution in [0.4, 0.5) is 13.2 Å². The first-order valence-corrected chi connectivity index (χ1v) is 5.98. The molecule has 0 aliphatic heterocycles. The van der Waals surface area contributed by atoms with Crippen LogP contribution < -0.4 is 10.5 Å². The van der Waals surface area contributed by atoms with Gasteiger partial charge in [0.05, 0.1) is 13.2 Å². The second-order valence-corrected chi connectivity index (χ2v) is 4.09. The van der Waals surface area contributed by atoms with Crippen LogP contribution in [-0.4, -0.2) is 26.4 Å². The van der Waals surface area contributed by atoms with Crippen LogP contribution in [0.1, 0.15) is 24.5 Å². The van der Waals surface area contributed by atoms with Crippen molar-refractivity contribution in [1.29, 1.82) is 0 Å². The van der Waals surface area contributed by atoms with Crippen molar-refractivity contribution in [3.8, 4) is 5.75 Å². The molecule has 19 heavy (non-hydrogen) atoms.